The molecule has 0 atom stereocenters. The van der Waals surface area contributed by atoms with Gasteiger partial charge < -0.3 is 4.79 Å². The van der Waals surface area contributed by atoms with Crippen molar-refractivity contribution in [3.63, 3.8) is 0 Å². The second-order valence-corrected chi connectivity index (χ2v) is 4.60. The Hall–Kier alpha value is -1.51. The number of aldehydes is 1. The lowest BCUT2D eigenvalue weighted by Gasteiger charge is -2.06. The molecule has 0 aromatic carbocycles. The van der Waals surface area contributed by atoms with E-state index in [-0.39, 0.29) is 11.6 Å². The number of carbonyl (C=O) groups excluding carboxylic acids is 3. The summed E-state index contributed by atoms with van der Waals surface area (Å²) < 4.78 is 0. The van der Waals surface area contributed by atoms with E-state index in [4.69, 9.17) is 0 Å². The molecule has 0 N–H and O–H groups in total. The van der Waals surface area contributed by atoms with E-state index in [1.54, 1.807) is 0 Å². The largest absolute Gasteiger partial charge is 0.303 e. The van der Waals surface area contributed by atoms with Gasteiger partial charge >= 0.3 is 0 Å². The molecule has 0 unspecified atom stereocenters. The highest BCUT2D eigenvalue weighted by atomic mass is 16.1. The molecule has 0 heterocycles. The van der Waals surface area contributed by atoms with Gasteiger partial charge in [0.05, 0.1) is 0 Å². The SMILES string of the molecule is O=CCCCCCCCCC1=CC(=O)C=CC1=O. The van der Waals surface area contributed by atoms with E-state index < -0.39 is 0 Å². The molecule has 0 aromatic rings. The van der Waals surface area contributed by atoms with Gasteiger partial charge in [-0.3, -0.25) is 9.59 Å². The quantitative estimate of drug-likeness (QED) is 0.358. The van der Waals surface area contributed by atoms with Gasteiger partial charge in [0.2, 0.25) is 0 Å². The maximum absolute atomic E-state index is 11.4. The van der Waals surface area contributed by atoms with E-state index in [0.29, 0.717) is 18.4 Å². The summed E-state index contributed by atoms with van der Waals surface area (Å²) in [6, 6.07) is 0. The Kier molecular flexibility index (Phi) is 6.92. The minimum absolute atomic E-state index is 0.0272. The zero-order chi connectivity index (χ0) is 13.2. The summed E-state index contributed by atoms with van der Waals surface area (Å²) in [7, 11) is 0. The van der Waals surface area contributed by atoms with Crippen LogP contribution in [-0.2, 0) is 14.4 Å². The minimum Gasteiger partial charge on any atom is -0.303 e. The second kappa shape index (κ2) is 8.56. The molecule has 0 saturated heterocycles. The zero-order valence-corrected chi connectivity index (χ0v) is 10.7. The van der Waals surface area contributed by atoms with Gasteiger partial charge in [-0.05, 0) is 37.5 Å². The van der Waals surface area contributed by atoms with Crippen molar-refractivity contribution >= 4 is 17.9 Å². The number of hydrogen-bond acceptors (Lipinski definition) is 3. The van der Waals surface area contributed by atoms with Crippen LogP contribution in [0.2, 0.25) is 0 Å². The summed E-state index contributed by atoms with van der Waals surface area (Å²) in [6.07, 6.45) is 12.8. The zero-order valence-electron chi connectivity index (χ0n) is 10.7. The second-order valence-electron chi connectivity index (χ2n) is 4.60. The molecule has 0 bridgehead atoms. The van der Waals surface area contributed by atoms with Crippen LogP contribution >= 0.6 is 0 Å². The molecule has 0 aromatic heterocycles. The smallest absolute Gasteiger partial charge is 0.182 e. The number of rotatable bonds is 9. The van der Waals surface area contributed by atoms with Crippen molar-refractivity contribution < 1.29 is 14.4 Å². The number of allylic oxidation sites excluding steroid dienone is 4. The fraction of sp³-hybridized carbons (Fsp3) is 0.533. The van der Waals surface area contributed by atoms with Crippen molar-refractivity contribution in [2.75, 3.05) is 0 Å². The van der Waals surface area contributed by atoms with Crippen LogP contribution in [0.3, 0.4) is 0 Å². The minimum atomic E-state index is -0.0848. The molecule has 0 amide bonds. The summed E-state index contributed by atoms with van der Waals surface area (Å²) in [5.74, 6) is -0.112. The maximum Gasteiger partial charge on any atom is 0.182 e. The molecule has 0 aliphatic heterocycles. The van der Waals surface area contributed by atoms with Crippen LogP contribution < -0.4 is 0 Å². The third-order valence-corrected chi connectivity index (χ3v) is 3.05. The first-order valence-electron chi connectivity index (χ1n) is 6.64. The van der Waals surface area contributed by atoms with E-state index in [1.807, 2.05) is 0 Å². The Balaban J connectivity index is 2.06. The summed E-state index contributed by atoms with van der Waals surface area (Å²) in [6.45, 7) is 0. The topological polar surface area (TPSA) is 51.2 Å². The number of ketones is 2. The third kappa shape index (κ3) is 5.71. The molecule has 3 heteroatoms. The normalized spacial score (nSPS) is 14.8. The predicted molar refractivity (Wildman–Crippen MR) is 70.2 cm³/mol. The highest BCUT2D eigenvalue weighted by Crippen LogP contribution is 2.15. The molecule has 0 saturated carbocycles. The lowest BCUT2D eigenvalue weighted by molar-refractivity contribution is -0.114. The average molecular weight is 248 g/mol. The Morgan fingerprint density at radius 3 is 2.28 bits per heavy atom. The van der Waals surface area contributed by atoms with Gasteiger partial charge in [0.25, 0.3) is 0 Å². The molecule has 1 aliphatic carbocycles. The number of carbonyl (C=O) groups is 3. The molecular formula is C15H20O3. The van der Waals surface area contributed by atoms with E-state index in [2.05, 4.69) is 0 Å². The Labute approximate surface area is 108 Å². The van der Waals surface area contributed by atoms with Gasteiger partial charge in [0, 0.05) is 12.0 Å². The summed E-state index contributed by atoms with van der Waals surface area (Å²) in [5.41, 5.74) is 0.642. The van der Waals surface area contributed by atoms with Crippen molar-refractivity contribution in [1.29, 1.82) is 0 Å². The Morgan fingerprint density at radius 1 is 0.889 bits per heavy atom. The van der Waals surface area contributed by atoms with Crippen LogP contribution in [0, 0.1) is 0 Å². The lowest BCUT2D eigenvalue weighted by atomic mass is 9.97. The molecule has 1 aliphatic rings. The summed E-state index contributed by atoms with van der Waals surface area (Å²) >= 11 is 0. The highest BCUT2D eigenvalue weighted by Gasteiger charge is 2.12. The average Bonchev–Trinajstić information content (AvgIpc) is 2.36. The van der Waals surface area contributed by atoms with Crippen LogP contribution in [0.15, 0.2) is 23.8 Å². The Morgan fingerprint density at radius 2 is 1.56 bits per heavy atom. The first-order chi connectivity index (χ1) is 8.74. The van der Waals surface area contributed by atoms with Crippen molar-refractivity contribution in [2.24, 2.45) is 0 Å². The number of hydrogen-bond donors (Lipinski definition) is 0. The maximum atomic E-state index is 11.4. The molecule has 1 rings (SSSR count). The first kappa shape index (κ1) is 14.6. The van der Waals surface area contributed by atoms with Crippen LogP contribution in [-0.4, -0.2) is 17.9 Å². The number of unbranched alkanes of at least 4 members (excludes halogenated alkanes) is 6. The standard InChI is InChI=1S/C15H20O3/c16-11-7-5-3-1-2-4-6-8-13-12-14(17)9-10-15(13)18/h9-12H,1-8H2. The predicted octanol–water partition coefficient (Wildman–Crippen LogP) is 2.94. The van der Waals surface area contributed by atoms with Crippen molar-refractivity contribution in [3.05, 3.63) is 23.8 Å². The molecule has 18 heavy (non-hydrogen) atoms. The van der Waals surface area contributed by atoms with Crippen molar-refractivity contribution in [3.8, 4) is 0 Å². The molecule has 3 nitrogen and oxygen atoms in total. The highest BCUT2D eigenvalue weighted by molar-refractivity contribution is 6.17. The first-order valence-corrected chi connectivity index (χ1v) is 6.64. The van der Waals surface area contributed by atoms with E-state index in [0.717, 1.165) is 44.8 Å². The molecule has 98 valence electrons. The van der Waals surface area contributed by atoms with Crippen LogP contribution in [0.4, 0.5) is 0 Å². The van der Waals surface area contributed by atoms with Gasteiger partial charge in [-0.15, -0.1) is 0 Å². The molecule has 0 spiro atoms. The molecule has 0 radical (unpaired) electrons. The van der Waals surface area contributed by atoms with Gasteiger partial charge in [-0.2, -0.15) is 0 Å². The fourth-order valence-electron chi connectivity index (χ4n) is 2.00. The Bertz CT molecular complexity index is 364. The van der Waals surface area contributed by atoms with Crippen LogP contribution in [0.5, 0.6) is 0 Å². The third-order valence-electron chi connectivity index (χ3n) is 3.05. The van der Waals surface area contributed by atoms with E-state index in [1.165, 1.54) is 18.2 Å². The van der Waals surface area contributed by atoms with E-state index >= 15 is 0 Å². The molecular weight excluding hydrogens is 228 g/mol. The molecule has 0 fully saturated rings. The summed E-state index contributed by atoms with van der Waals surface area (Å²) in [4.78, 5) is 32.6. The van der Waals surface area contributed by atoms with Crippen LogP contribution in [0.1, 0.15) is 51.4 Å². The monoisotopic (exact) mass is 248 g/mol. The van der Waals surface area contributed by atoms with Gasteiger partial charge in [0.15, 0.2) is 11.6 Å². The summed E-state index contributed by atoms with van der Waals surface area (Å²) in [5, 5.41) is 0. The van der Waals surface area contributed by atoms with Crippen molar-refractivity contribution in [2.45, 2.75) is 51.4 Å². The van der Waals surface area contributed by atoms with Crippen LogP contribution in [0.25, 0.3) is 0 Å². The van der Waals surface area contributed by atoms with Gasteiger partial charge in [-0.1, -0.05) is 25.7 Å². The van der Waals surface area contributed by atoms with Gasteiger partial charge in [0.1, 0.15) is 6.29 Å². The van der Waals surface area contributed by atoms with Gasteiger partial charge in [-0.25, -0.2) is 0 Å². The fourth-order valence-corrected chi connectivity index (χ4v) is 2.00. The lowest BCUT2D eigenvalue weighted by Crippen LogP contribution is -2.07. The van der Waals surface area contributed by atoms with E-state index in [9.17, 15) is 14.4 Å². The van der Waals surface area contributed by atoms with Crippen molar-refractivity contribution in [1.82, 2.24) is 0 Å².